The molecule has 7 heteroatoms. The molecule has 0 aliphatic carbocycles. The van der Waals surface area contributed by atoms with Crippen molar-refractivity contribution in [3.8, 4) is 0 Å². The summed E-state index contributed by atoms with van der Waals surface area (Å²) in [5, 5.41) is 3.33. The van der Waals surface area contributed by atoms with Gasteiger partial charge in [-0.15, -0.1) is 0 Å². The molecule has 0 fully saturated rings. The van der Waals surface area contributed by atoms with Crippen LogP contribution in [0.1, 0.15) is 23.7 Å². The minimum atomic E-state index is -0.0258. The zero-order valence-corrected chi connectivity index (χ0v) is 14.4. The van der Waals surface area contributed by atoms with Gasteiger partial charge in [0.1, 0.15) is 5.82 Å². The van der Waals surface area contributed by atoms with Crippen LogP contribution in [-0.4, -0.2) is 19.1 Å². The topological polar surface area (TPSA) is 90.8 Å². The number of rotatable bonds is 4. The first-order valence-corrected chi connectivity index (χ1v) is 7.93. The van der Waals surface area contributed by atoms with Crippen molar-refractivity contribution in [3.05, 3.63) is 45.5 Å². The average Bonchev–Trinajstić information content (AvgIpc) is 2.79. The summed E-state index contributed by atoms with van der Waals surface area (Å²) in [4.78, 5) is 20.6. The molecule has 2 aromatic heterocycles. The lowest BCUT2D eigenvalue weighted by atomic mass is 10.1. The molecule has 0 spiro atoms. The third-order valence-corrected chi connectivity index (χ3v) is 4.40. The van der Waals surface area contributed by atoms with Crippen LogP contribution in [0.2, 0.25) is 0 Å². The normalized spacial score (nSPS) is 11.2. The first-order chi connectivity index (χ1) is 11.4. The quantitative estimate of drug-likeness (QED) is 0.762. The van der Waals surface area contributed by atoms with Crippen molar-refractivity contribution in [2.45, 2.75) is 26.8 Å². The molecular formula is C17H22N6O. The van der Waals surface area contributed by atoms with Crippen LogP contribution in [0.4, 0.5) is 11.8 Å². The molecular weight excluding hydrogens is 304 g/mol. The van der Waals surface area contributed by atoms with Crippen LogP contribution < -0.4 is 16.7 Å². The number of fused-ring (bicyclic) bond motifs is 1. The molecule has 0 saturated heterocycles. The van der Waals surface area contributed by atoms with Gasteiger partial charge >= 0.3 is 5.69 Å². The van der Waals surface area contributed by atoms with Crippen molar-refractivity contribution in [1.29, 1.82) is 0 Å². The highest BCUT2D eigenvalue weighted by Gasteiger charge is 2.10. The summed E-state index contributed by atoms with van der Waals surface area (Å²) in [7, 11) is 3.56. The number of imidazole rings is 1. The SMILES string of the molecule is CCc1nc(N)nc(NCc2ccc3c(c2)n(C)c(=O)n3C)c1C. The Labute approximate surface area is 140 Å². The number of benzene rings is 1. The largest absolute Gasteiger partial charge is 0.368 e. The lowest BCUT2D eigenvalue weighted by molar-refractivity contribution is 0.795. The van der Waals surface area contributed by atoms with E-state index in [0.29, 0.717) is 6.54 Å². The lowest BCUT2D eigenvalue weighted by Gasteiger charge is -2.12. The molecule has 0 aliphatic heterocycles. The van der Waals surface area contributed by atoms with Crippen LogP contribution >= 0.6 is 0 Å². The zero-order chi connectivity index (χ0) is 17.4. The van der Waals surface area contributed by atoms with Gasteiger partial charge in [0.2, 0.25) is 5.95 Å². The average molecular weight is 326 g/mol. The Morgan fingerprint density at radius 2 is 1.88 bits per heavy atom. The molecule has 0 bridgehead atoms. The zero-order valence-electron chi connectivity index (χ0n) is 14.4. The standard InChI is InChI=1S/C17H22N6O/c1-5-12-10(2)15(21-16(18)20-12)19-9-11-6-7-13-14(8-11)23(4)17(24)22(13)3/h6-8H,5,9H2,1-4H3,(H3,18,19,20,21). The molecule has 24 heavy (non-hydrogen) atoms. The highest BCUT2D eigenvalue weighted by atomic mass is 16.1. The fourth-order valence-electron chi connectivity index (χ4n) is 2.95. The van der Waals surface area contributed by atoms with Gasteiger partial charge in [0.15, 0.2) is 0 Å². The molecule has 3 N–H and O–H groups in total. The number of nitrogen functional groups attached to an aromatic ring is 1. The highest BCUT2D eigenvalue weighted by molar-refractivity contribution is 5.76. The fraction of sp³-hybridized carbons (Fsp3) is 0.353. The molecule has 2 heterocycles. The Balaban J connectivity index is 1.90. The molecule has 1 aromatic carbocycles. The summed E-state index contributed by atoms with van der Waals surface area (Å²) in [5.74, 6) is 1.03. The van der Waals surface area contributed by atoms with Gasteiger partial charge < -0.3 is 11.1 Å². The van der Waals surface area contributed by atoms with Gasteiger partial charge in [-0.2, -0.15) is 4.98 Å². The monoisotopic (exact) mass is 326 g/mol. The number of nitrogens with one attached hydrogen (secondary N) is 1. The van der Waals surface area contributed by atoms with Gasteiger partial charge in [0.25, 0.3) is 0 Å². The molecule has 0 saturated carbocycles. The number of aryl methyl sites for hydroxylation is 3. The Kier molecular flexibility index (Phi) is 4.01. The van der Waals surface area contributed by atoms with E-state index in [0.717, 1.165) is 40.1 Å². The van der Waals surface area contributed by atoms with Crippen LogP contribution in [0.25, 0.3) is 11.0 Å². The van der Waals surface area contributed by atoms with E-state index >= 15 is 0 Å². The summed E-state index contributed by atoms with van der Waals surface area (Å²) in [6.45, 7) is 4.63. The Bertz CT molecular complexity index is 969. The molecule has 3 aromatic rings. The van der Waals surface area contributed by atoms with E-state index in [1.807, 2.05) is 32.0 Å². The van der Waals surface area contributed by atoms with E-state index in [9.17, 15) is 4.79 Å². The van der Waals surface area contributed by atoms with E-state index in [-0.39, 0.29) is 11.6 Å². The van der Waals surface area contributed by atoms with Gasteiger partial charge in [-0.05, 0) is 31.0 Å². The Morgan fingerprint density at radius 3 is 2.58 bits per heavy atom. The summed E-state index contributed by atoms with van der Waals surface area (Å²) in [6, 6.07) is 5.99. The Morgan fingerprint density at radius 1 is 1.17 bits per heavy atom. The number of hydrogen-bond donors (Lipinski definition) is 2. The van der Waals surface area contributed by atoms with Crippen molar-refractivity contribution in [2.24, 2.45) is 14.1 Å². The number of nitrogens with zero attached hydrogens (tertiary/aromatic N) is 4. The van der Waals surface area contributed by atoms with Gasteiger partial charge in [-0.3, -0.25) is 9.13 Å². The lowest BCUT2D eigenvalue weighted by Crippen LogP contribution is -2.19. The van der Waals surface area contributed by atoms with Crippen LogP contribution in [0.15, 0.2) is 23.0 Å². The molecule has 0 aliphatic rings. The smallest absolute Gasteiger partial charge is 0.328 e. The first-order valence-electron chi connectivity index (χ1n) is 7.93. The minimum Gasteiger partial charge on any atom is -0.368 e. The van der Waals surface area contributed by atoms with Crippen molar-refractivity contribution in [3.63, 3.8) is 0 Å². The van der Waals surface area contributed by atoms with Crippen molar-refractivity contribution < 1.29 is 0 Å². The van der Waals surface area contributed by atoms with Gasteiger partial charge in [-0.25, -0.2) is 9.78 Å². The van der Waals surface area contributed by atoms with E-state index in [1.165, 1.54) is 0 Å². The number of nitrogens with two attached hydrogens (primary N) is 1. The van der Waals surface area contributed by atoms with Crippen molar-refractivity contribution in [2.75, 3.05) is 11.1 Å². The first kappa shape index (κ1) is 16.0. The third kappa shape index (κ3) is 2.62. The van der Waals surface area contributed by atoms with Crippen LogP contribution in [0, 0.1) is 6.92 Å². The molecule has 3 rings (SSSR count). The second-order valence-corrected chi connectivity index (χ2v) is 5.93. The molecule has 0 radical (unpaired) electrons. The van der Waals surface area contributed by atoms with Crippen molar-refractivity contribution in [1.82, 2.24) is 19.1 Å². The molecule has 0 unspecified atom stereocenters. The minimum absolute atomic E-state index is 0.0258. The maximum atomic E-state index is 12.0. The van der Waals surface area contributed by atoms with Gasteiger partial charge in [0, 0.05) is 26.2 Å². The Hall–Kier alpha value is -2.83. The summed E-state index contributed by atoms with van der Waals surface area (Å²) >= 11 is 0. The number of anilines is 2. The predicted octanol–water partition coefficient (Wildman–Crippen LogP) is 1.73. The maximum Gasteiger partial charge on any atom is 0.328 e. The highest BCUT2D eigenvalue weighted by Crippen LogP contribution is 2.19. The van der Waals surface area contributed by atoms with Gasteiger partial charge in [-0.1, -0.05) is 13.0 Å². The number of aromatic nitrogens is 4. The van der Waals surface area contributed by atoms with E-state index in [1.54, 1.807) is 23.2 Å². The molecule has 7 nitrogen and oxygen atoms in total. The van der Waals surface area contributed by atoms with Gasteiger partial charge in [0.05, 0.1) is 16.7 Å². The second-order valence-electron chi connectivity index (χ2n) is 5.93. The summed E-state index contributed by atoms with van der Waals surface area (Å²) < 4.78 is 3.30. The predicted molar refractivity (Wildman–Crippen MR) is 96.0 cm³/mol. The van der Waals surface area contributed by atoms with Crippen LogP contribution in [-0.2, 0) is 27.1 Å². The van der Waals surface area contributed by atoms with Crippen LogP contribution in [0.3, 0.4) is 0 Å². The van der Waals surface area contributed by atoms with Crippen molar-refractivity contribution >= 4 is 22.8 Å². The van der Waals surface area contributed by atoms with E-state index in [2.05, 4.69) is 15.3 Å². The third-order valence-electron chi connectivity index (χ3n) is 4.40. The van der Waals surface area contributed by atoms with E-state index in [4.69, 9.17) is 5.73 Å². The fourth-order valence-corrected chi connectivity index (χ4v) is 2.95. The molecule has 0 amide bonds. The van der Waals surface area contributed by atoms with Crippen LogP contribution in [0.5, 0.6) is 0 Å². The summed E-state index contributed by atoms with van der Waals surface area (Å²) in [6.07, 6.45) is 0.811. The maximum absolute atomic E-state index is 12.0. The molecule has 0 atom stereocenters. The number of hydrogen-bond acceptors (Lipinski definition) is 5. The second kappa shape index (κ2) is 5.99. The summed E-state index contributed by atoms with van der Waals surface area (Å²) in [5.41, 5.74) is 10.6. The molecule has 126 valence electrons. The van der Waals surface area contributed by atoms with E-state index < -0.39 is 0 Å².